The van der Waals surface area contributed by atoms with E-state index in [4.69, 9.17) is 9.15 Å². The third-order valence-corrected chi connectivity index (χ3v) is 3.67. The molecule has 24 heavy (non-hydrogen) atoms. The maximum absolute atomic E-state index is 12.7. The second-order valence-electron chi connectivity index (χ2n) is 7.04. The molecule has 5 nitrogen and oxygen atoms in total. The van der Waals surface area contributed by atoms with E-state index in [2.05, 4.69) is 10.3 Å². The molecule has 1 aromatic carbocycles. The zero-order valence-electron chi connectivity index (χ0n) is 14.4. The van der Waals surface area contributed by atoms with Gasteiger partial charge in [0.05, 0.1) is 6.26 Å². The molecule has 126 valence electrons. The van der Waals surface area contributed by atoms with Crippen molar-refractivity contribution in [1.29, 1.82) is 0 Å². The van der Waals surface area contributed by atoms with Gasteiger partial charge in [-0.05, 0) is 52.0 Å². The minimum atomic E-state index is -0.674. The number of nitrogens with one attached hydrogen (secondary N) is 1. The van der Waals surface area contributed by atoms with Crippen LogP contribution in [-0.2, 0) is 9.53 Å². The number of rotatable bonds is 3. The van der Waals surface area contributed by atoms with Crippen LogP contribution in [0.25, 0.3) is 0 Å². The third-order valence-electron chi connectivity index (χ3n) is 3.67. The van der Waals surface area contributed by atoms with Gasteiger partial charge < -0.3 is 14.5 Å². The number of ether oxygens (including phenoxy) is 1. The first-order valence-electron chi connectivity index (χ1n) is 8.00. The second kappa shape index (κ2) is 6.15. The molecular formula is C19H22N2O3. The summed E-state index contributed by atoms with van der Waals surface area (Å²) in [5, 5.41) is 2.97. The van der Waals surface area contributed by atoms with Gasteiger partial charge in [0.15, 0.2) is 12.1 Å². The van der Waals surface area contributed by atoms with E-state index in [0.29, 0.717) is 11.7 Å². The first-order valence-corrected chi connectivity index (χ1v) is 8.00. The van der Waals surface area contributed by atoms with Crippen molar-refractivity contribution >= 4 is 11.8 Å². The minimum Gasteiger partial charge on any atom is -0.465 e. The molecule has 2 heterocycles. The quantitative estimate of drug-likeness (QED) is 0.940. The van der Waals surface area contributed by atoms with Crippen LogP contribution in [0.15, 0.2) is 52.1 Å². The number of aliphatic imine (C=N–C) groups is 1. The first-order chi connectivity index (χ1) is 11.3. The van der Waals surface area contributed by atoms with Crippen LogP contribution in [0.3, 0.4) is 0 Å². The molecule has 2 aromatic rings. The van der Waals surface area contributed by atoms with Crippen molar-refractivity contribution in [2.45, 2.75) is 45.4 Å². The number of hydrogen-bond donors (Lipinski definition) is 1. The molecule has 0 spiro atoms. The van der Waals surface area contributed by atoms with Crippen LogP contribution in [0.4, 0.5) is 0 Å². The average molecular weight is 326 g/mol. The molecule has 0 radical (unpaired) electrons. The summed E-state index contributed by atoms with van der Waals surface area (Å²) in [6, 6.07) is 10.8. The number of furan rings is 1. The van der Waals surface area contributed by atoms with E-state index in [0.717, 1.165) is 11.1 Å². The Morgan fingerprint density at radius 2 is 1.88 bits per heavy atom. The van der Waals surface area contributed by atoms with Gasteiger partial charge in [-0.25, -0.2) is 4.99 Å². The highest BCUT2D eigenvalue weighted by atomic mass is 16.5. The lowest BCUT2D eigenvalue weighted by Crippen LogP contribution is -2.46. The van der Waals surface area contributed by atoms with Gasteiger partial charge in [0.25, 0.3) is 0 Å². The van der Waals surface area contributed by atoms with E-state index in [1.807, 2.05) is 52.0 Å². The highest BCUT2D eigenvalue weighted by Gasteiger charge is 2.40. The largest absolute Gasteiger partial charge is 0.465 e. The molecule has 0 unspecified atom stereocenters. The molecule has 2 atom stereocenters. The van der Waals surface area contributed by atoms with E-state index in [1.54, 1.807) is 18.4 Å². The molecule has 0 saturated heterocycles. The van der Waals surface area contributed by atoms with Gasteiger partial charge >= 0.3 is 0 Å². The molecule has 0 bridgehead atoms. The lowest BCUT2D eigenvalue weighted by Gasteiger charge is -2.23. The number of carbonyl (C=O) groups excluding carboxylic acids is 1. The van der Waals surface area contributed by atoms with Crippen molar-refractivity contribution in [3.63, 3.8) is 0 Å². The highest BCUT2D eigenvalue weighted by molar-refractivity contribution is 5.99. The summed E-state index contributed by atoms with van der Waals surface area (Å²) in [4.78, 5) is 17.2. The summed E-state index contributed by atoms with van der Waals surface area (Å²) < 4.78 is 11.4. The molecule has 1 amide bonds. The Hall–Kier alpha value is -2.56. The monoisotopic (exact) mass is 326 g/mol. The summed E-state index contributed by atoms with van der Waals surface area (Å²) >= 11 is 0. The van der Waals surface area contributed by atoms with Gasteiger partial charge in [-0.1, -0.05) is 17.7 Å². The lowest BCUT2D eigenvalue weighted by atomic mass is 10.1. The Kier molecular flexibility index (Phi) is 4.18. The van der Waals surface area contributed by atoms with Gasteiger partial charge in [-0.2, -0.15) is 0 Å². The van der Waals surface area contributed by atoms with E-state index < -0.39 is 12.1 Å². The van der Waals surface area contributed by atoms with Gasteiger partial charge in [-0.15, -0.1) is 0 Å². The van der Waals surface area contributed by atoms with Crippen LogP contribution in [0.2, 0.25) is 0 Å². The van der Waals surface area contributed by atoms with Crippen LogP contribution in [0.5, 0.6) is 0 Å². The molecule has 0 aliphatic carbocycles. The average Bonchev–Trinajstić information content (AvgIpc) is 3.15. The molecule has 3 rings (SSSR count). The van der Waals surface area contributed by atoms with E-state index in [1.165, 1.54) is 0 Å². The van der Waals surface area contributed by atoms with E-state index >= 15 is 0 Å². The number of amides is 1. The van der Waals surface area contributed by atoms with Crippen molar-refractivity contribution in [2.75, 3.05) is 0 Å². The van der Waals surface area contributed by atoms with Crippen molar-refractivity contribution < 1.29 is 13.9 Å². The second-order valence-corrected chi connectivity index (χ2v) is 7.04. The predicted octanol–water partition coefficient (Wildman–Crippen LogP) is 3.39. The molecule has 0 saturated carbocycles. The van der Waals surface area contributed by atoms with Crippen molar-refractivity contribution in [2.24, 2.45) is 4.99 Å². The predicted molar refractivity (Wildman–Crippen MR) is 91.9 cm³/mol. The molecule has 0 fully saturated rings. The summed E-state index contributed by atoms with van der Waals surface area (Å²) in [6.45, 7) is 7.83. The molecule has 1 aliphatic heterocycles. The zero-order valence-corrected chi connectivity index (χ0v) is 14.4. The van der Waals surface area contributed by atoms with Crippen LogP contribution >= 0.6 is 0 Å². The third kappa shape index (κ3) is 3.50. The number of carbonyl (C=O) groups is 1. The Morgan fingerprint density at radius 3 is 2.46 bits per heavy atom. The Balaban J connectivity index is 1.91. The maximum atomic E-state index is 12.7. The standard InChI is InChI=1S/C19H22N2O3/c1-12-7-9-13(10-8-12)18-20-15(17(22)21-19(2,3)4)16(24-18)14-6-5-11-23-14/h5-11,15-16H,1-4H3,(H,21,22)/t15-,16-/m0/s1. The molecule has 5 heteroatoms. The Labute approximate surface area is 141 Å². The molecular weight excluding hydrogens is 304 g/mol. The van der Waals surface area contributed by atoms with Gasteiger partial charge in [0, 0.05) is 11.1 Å². The van der Waals surface area contributed by atoms with Crippen LogP contribution in [0.1, 0.15) is 43.8 Å². The highest BCUT2D eigenvalue weighted by Crippen LogP contribution is 2.32. The van der Waals surface area contributed by atoms with Gasteiger partial charge in [-0.3, -0.25) is 4.79 Å². The maximum Gasteiger partial charge on any atom is 0.249 e. The van der Waals surface area contributed by atoms with Crippen molar-refractivity contribution in [3.05, 3.63) is 59.5 Å². The van der Waals surface area contributed by atoms with E-state index in [9.17, 15) is 4.79 Å². The van der Waals surface area contributed by atoms with E-state index in [-0.39, 0.29) is 11.4 Å². The van der Waals surface area contributed by atoms with Gasteiger partial charge in [0.2, 0.25) is 11.8 Å². The summed E-state index contributed by atoms with van der Waals surface area (Å²) in [5.74, 6) is 0.881. The minimum absolute atomic E-state index is 0.175. The SMILES string of the molecule is Cc1ccc(C2=N[C@H](C(=O)NC(C)(C)C)[C@H](c3ccco3)O2)cc1. The topological polar surface area (TPSA) is 63.8 Å². The molecule has 1 N–H and O–H groups in total. The molecule has 1 aromatic heterocycles. The number of aryl methyl sites for hydroxylation is 1. The lowest BCUT2D eigenvalue weighted by molar-refractivity contribution is -0.125. The van der Waals surface area contributed by atoms with Crippen molar-refractivity contribution in [1.82, 2.24) is 5.32 Å². The van der Waals surface area contributed by atoms with Crippen LogP contribution < -0.4 is 5.32 Å². The fourth-order valence-corrected chi connectivity index (χ4v) is 2.55. The first kappa shape index (κ1) is 16.3. The van der Waals surface area contributed by atoms with Crippen LogP contribution in [-0.4, -0.2) is 23.4 Å². The Morgan fingerprint density at radius 1 is 1.17 bits per heavy atom. The normalized spacial score (nSPS) is 20.4. The fourth-order valence-electron chi connectivity index (χ4n) is 2.55. The fraction of sp³-hybridized carbons (Fsp3) is 0.368. The molecule has 1 aliphatic rings. The zero-order chi connectivity index (χ0) is 17.3. The summed E-state index contributed by atoms with van der Waals surface area (Å²) in [7, 11) is 0. The number of hydrogen-bond acceptors (Lipinski definition) is 4. The van der Waals surface area contributed by atoms with Gasteiger partial charge in [0.1, 0.15) is 5.76 Å². The summed E-state index contributed by atoms with van der Waals surface area (Å²) in [5.41, 5.74) is 1.66. The van der Waals surface area contributed by atoms with Crippen molar-refractivity contribution in [3.8, 4) is 0 Å². The smallest absolute Gasteiger partial charge is 0.249 e. The summed E-state index contributed by atoms with van der Waals surface area (Å²) in [6.07, 6.45) is 1.01. The number of nitrogens with zero attached hydrogens (tertiary/aromatic N) is 1. The number of benzene rings is 1. The van der Waals surface area contributed by atoms with Crippen LogP contribution in [0, 0.1) is 6.92 Å². The Bertz CT molecular complexity index is 740.